The Balaban J connectivity index is 1.60. The summed E-state index contributed by atoms with van der Waals surface area (Å²) in [5.74, 6) is -0.109. The molecule has 1 N–H and O–H groups in total. The summed E-state index contributed by atoms with van der Waals surface area (Å²) in [6.07, 6.45) is 3.27. The molecule has 2 aromatic rings. The summed E-state index contributed by atoms with van der Waals surface area (Å²) >= 11 is 0. The molecule has 3 rings (SSSR count). The van der Waals surface area contributed by atoms with E-state index in [1.165, 1.54) is 10.5 Å². The fraction of sp³-hybridized carbons (Fsp3) is 0.462. The van der Waals surface area contributed by atoms with E-state index < -0.39 is 0 Å². The number of piperidine rings is 1. The molecule has 32 heavy (non-hydrogen) atoms. The van der Waals surface area contributed by atoms with Gasteiger partial charge in [-0.3, -0.25) is 19.4 Å². The lowest BCUT2D eigenvalue weighted by atomic mass is 10.0. The smallest absolute Gasteiger partial charge is 0.253 e. The maximum Gasteiger partial charge on any atom is 0.253 e. The van der Waals surface area contributed by atoms with Crippen LogP contribution in [0.4, 0.5) is 5.69 Å². The Morgan fingerprint density at radius 3 is 2.59 bits per heavy atom. The average Bonchev–Trinajstić information content (AvgIpc) is 2.79. The molecule has 1 heterocycles. The molecule has 0 aromatic heterocycles. The molecule has 2 amide bonds. The lowest BCUT2D eigenvalue weighted by molar-refractivity contribution is -0.118. The molecule has 1 aliphatic rings. The topological polar surface area (TPSA) is 55.9 Å². The Labute approximate surface area is 192 Å². The molecule has 1 aliphatic heterocycles. The fourth-order valence-corrected chi connectivity index (χ4v) is 4.37. The van der Waals surface area contributed by atoms with Crippen LogP contribution in [0, 0.1) is 0 Å². The molecular weight excluding hydrogens is 400 g/mol. The Hall–Kier alpha value is -2.70. The molecule has 0 saturated carbocycles. The van der Waals surface area contributed by atoms with Crippen molar-refractivity contribution in [3.8, 4) is 0 Å². The highest BCUT2D eigenvalue weighted by Crippen LogP contribution is 2.19. The van der Waals surface area contributed by atoms with Gasteiger partial charge < -0.3 is 10.2 Å². The zero-order valence-electron chi connectivity index (χ0n) is 19.6. The molecule has 1 atom stereocenters. The van der Waals surface area contributed by atoms with Gasteiger partial charge in [-0.25, -0.2) is 0 Å². The monoisotopic (exact) mass is 436 g/mol. The van der Waals surface area contributed by atoms with Crippen molar-refractivity contribution in [2.45, 2.75) is 38.8 Å². The minimum absolute atomic E-state index is 0.0342. The van der Waals surface area contributed by atoms with Gasteiger partial charge in [-0.2, -0.15) is 0 Å². The van der Waals surface area contributed by atoms with Crippen molar-refractivity contribution in [1.82, 2.24) is 14.7 Å². The molecule has 1 fully saturated rings. The van der Waals surface area contributed by atoms with Crippen molar-refractivity contribution in [2.75, 3.05) is 45.6 Å². The number of amides is 2. The van der Waals surface area contributed by atoms with Gasteiger partial charge in [0.15, 0.2) is 0 Å². The van der Waals surface area contributed by atoms with Gasteiger partial charge in [-0.1, -0.05) is 43.3 Å². The first-order valence-electron chi connectivity index (χ1n) is 11.6. The molecule has 0 aliphatic carbocycles. The van der Waals surface area contributed by atoms with Crippen molar-refractivity contribution in [2.24, 2.45) is 0 Å². The third kappa shape index (κ3) is 6.90. The first kappa shape index (κ1) is 24.0. The quantitative estimate of drug-likeness (QED) is 0.651. The maximum absolute atomic E-state index is 12.9. The van der Waals surface area contributed by atoms with E-state index >= 15 is 0 Å². The van der Waals surface area contributed by atoms with Crippen LogP contribution in [-0.4, -0.2) is 72.8 Å². The van der Waals surface area contributed by atoms with E-state index in [1.807, 2.05) is 6.07 Å². The van der Waals surface area contributed by atoms with Gasteiger partial charge >= 0.3 is 0 Å². The van der Waals surface area contributed by atoms with Crippen LogP contribution in [0.2, 0.25) is 0 Å². The Morgan fingerprint density at radius 2 is 1.88 bits per heavy atom. The number of benzene rings is 2. The molecule has 0 bridgehead atoms. The largest absolute Gasteiger partial charge is 0.345 e. The zero-order chi connectivity index (χ0) is 22.9. The maximum atomic E-state index is 12.9. The third-order valence-corrected chi connectivity index (χ3v) is 5.90. The summed E-state index contributed by atoms with van der Waals surface area (Å²) in [5, 5.41) is 2.99. The lowest BCUT2D eigenvalue weighted by Crippen LogP contribution is -2.50. The summed E-state index contributed by atoms with van der Waals surface area (Å²) in [6.45, 7) is 6.46. The van der Waals surface area contributed by atoms with Gasteiger partial charge in [0.05, 0.1) is 6.54 Å². The number of likely N-dealkylation sites (tertiary alicyclic amines) is 1. The van der Waals surface area contributed by atoms with Crippen LogP contribution in [0.3, 0.4) is 0 Å². The predicted octanol–water partition coefficient (Wildman–Crippen LogP) is 3.70. The molecule has 2 aromatic carbocycles. The molecule has 1 saturated heterocycles. The number of anilines is 1. The normalized spacial score (nSPS) is 16.7. The van der Waals surface area contributed by atoms with Crippen LogP contribution < -0.4 is 5.32 Å². The summed E-state index contributed by atoms with van der Waals surface area (Å²) < 4.78 is 0. The average molecular weight is 437 g/mol. The minimum Gasteiger partial charge on any atom is -0.345 e. The number of hydrogen-bond acceptors (Lipinski definition) is 4. The first-order valence-corrected chi connectivity index (χ1v) is 11.6. The second-order valence-electron chi connectivity index (χ2n) is 8.82. The highest BCUT2D eigenvalue weighted by Gasteiger charge is 2.26. The van der Waals surface area contributed by atoms with Crippen molar-refractivity contribution in [1.29, 1.82) is 0 Å². The lowest BCUT2D eigenvalue weighted by Gasteiger charge is -2.39. The van der Waals surface area contributed by atoms with E-state index in [4.69, 9.17) is 0 Å². The Kier molecular flexibility index (Phi) is 8.82. The molecule has 6 heteroatoms. The van der Waals surface area contributed by atoms with E-state index in [0.717, 1.165) is 45.4 Å². The van der Waals surface area contributed by atoms with E-state index in [2.05, 4.69) is 52.4 Å². The van der Waals surface area contributed by atoms with E-state index in [-0.39, 0.29) is 11.8 Å². The van der Waals surface area contributed by atoms with Crippen molar-refractivity contribution in [3.63, 3.8) is 0 Å². The van der Waals surface area contributed by atoms with Crippen LogP contribution >= 0.6 is 0 Å². The van der Waals surface area contributed by atoms with Crippen molar-refractivity contribution >= 4 is 17.5 Å². The zero-order valence-corrected chi connectivity index (χ0v) is 19.6. The second-order valence-corrected chi connectivity index (χ2v) is 8.82. The van der Waals surface area contributed by atoms with Crippen LogP contribution in [0.25, 0.3) is 0 Å². The van der Waals surface area contributed by atoms with Crippen LogP contribution in [0.15, 0.2) is 54.6 Å². The molecule has 172 valence electrons. The minimum atomic E-state index is -0.0746. The van der Waals surface area contributed by atoms with E-state index in [1.54, 1.807) is 32.3 Å². The summed E-state index contributed by atoms with van der Waals surface area (Å²) in [5.41, 5.74) is 2.57. The number of rotatable bonds is 9. The van der Waals surface area contributed by atoms with Gasteiger partial charge in [0.1, 0.15) is 0 Å². The highest BCUT2D eigenvalue weighted by molar-refractivity contribution is 5.97. The van der Waals surface area contributed by atoms with Crippen LogP contribution in [0.5, 0.6) is 0 Å². The standard InChI is InChI=1S/C26H36N4O2/c1-4-15-30(24-14-9-16-29(19-24)18-21-10-6-5-7-11-21)20-25(31)27-23-13-8-12-22(17-23)26(32)28(2)3/h5-8,10-13,17,24H,4,9,14-16,18-20H2,1-3H3,(H,27,31). The second kappa shape index (κ2) is 11.8. The van der Waals surface area contributed by atoms with Crippen molar-refractivity contribution < 1.29 is 9.59 Å². The number of carbonyl (C=O) groups excluding carboxylic acids is 2. The van der Waals surface area contributed by atoms with Crippen molar-refractivity contribution in [3.05, 3.63) is 65.7 Å². The molecule has 0 radical (unpaired) electrons. The SMILES string of the molecule is CCCN(CC(=O)Nc1cccc(C(=O)N(C)C)c1)C1CCCN(Cc2ccccc2)C1. The Bertz CT molecular complexity index is 884. The summed E-state index contributed by atoms with van der Waals surface area (Å²) in [4.78, 5) is 31.4. The Morgan fingerprint density at radius 1 is 1.09 bits per heavy atom. The van der Waals surface area contributed by atoms with Crippen LogP contribution in [0.1, 0.15) is 42.1 Å². The predicted molar refractivity (Wildman–Crippen MR) is 130 cm³/mol. The summed E-state index contributed by atoms with van der Waals surface area (Å²) in [7, 11) is 3.45. The molecule has 1 unspecified atom stereocenters. The van der Waals surface area contributed by atoms with Crippen LogP contribution in [-0.2, 0) is 11.3 Å². The molecule has 0 spiro atoms. The number of carbonyl (C=O) groups is 2. The molecule has 6 nitrogen and oxygen atoms in total. The number of nitrogens with zero attached hydrogens (tertiary/aromatic N) is 3. The molecular formula is C26H36N4O2. The first-order chi connectivity index (χ1) is 15.5. The number of nitrogens with one attached hydrogen (secondary N) is 1. The van der Waals surface area contributed by atoms with Gasteiger partial charge in [-0.05, 0) is 56.1 Å². The summed E-state index contributed by atoms with van der Waals surface area (Å²) in [6, 6.07) is 18.1. The van der Waals surface area contributed by atoms with Gasteiger partial charge in [-0.15, -0.1) is 0 Å². The third-order valence-electron chi connectivity index (χ3n) is 5.90. The van der Waals surface area contributed by atoms with Gasteiger partial charge in [0, 0.05) is 44.5 Å². The highest BCUT2D eigenvalue weighted by atomic mass is 16.2. The van der Waals surface area contributed by atoms with Gasteiger partial charge in [0.25, 0.3) is 5.91 Å². The van der Waals surface area contributed by atoms with E-state index in [0.29, 0.717) is 23.8 Å². The number of hydrogen-bond donors (Lipinski definition) is 1. The van der Waals surface area contributed by atoms with E-state index in [9.17, 15) is 9.59 Å². The fourth-order valence-electron chi connectivity index (χ4n) is 4.37. The van der Waals surface area contributed by atoms with Gasteiger partial charge in [0.2, 0.25) is 5.91 Å².